The van der Waals surface area contributed by atoms with Gasteiger partial charge in [0.1, 0.15) is 23.7 Å². The third-order valence-corrected chi connectivity index (χ3v) is 6.10. The lowest BCUT2D eigenvalue weighted by Crippen LogP contribution is -2.49. The summed E-state index contributed by atoms with van der Waals surface area (Å²) in [5, 5.41) is 5.30. The highest BCUT2D eigenvalue weighted by molar-refractivity contribution is 6.09. The summed E-state index contributed by atoms with van der Waals surface area (Å²) in [6.07, 6.45) is 2.97. The van der Waals surface area contributed by atoms with E-state index in [1.807, 2.05) is 0 Å². The van der Waals surface area contributed by atoms with Gasteiger partial charge in [0.2, 0.25) is 5.91 Å². The molecule has 4 atom stereocenters. The van der Waals surface area contributed by atoms with Crippen molar-refractivity contribution < 1.29 is 23.2 Å². The lowest BCUT2D eigenvalue weighted by Gasteiger charge is -2.34. The smallest absolute Gasteiger partial charge is 0.325 e. The predicted molar refractivity (Wildman–Crippen MR) is 98.1 cm³/mol. The summed E-state index contributed by atoms with van der Waals surface area (Å²) in [5.74, 6) is -1.99. The summed E-state index contributed by atoms with van der Waals surface area (Å²) in [5.41, 5.74) is -2.04. The van der Waals surface area contributed by atoms with Gasteiger partial charge in [0.15, 0.2) is 0 Å². The van der Waals surface area contributed by atoms with Crippen molar-refractivity contribution in [2.24, 2.45) is 11.8 Å². The van der Waals surface area contributed by atoms with Crippen molar-refractivity contribution in [1.29, 1.82) is 0 Å². The molecule has 1 aromatic rings. The molecule has 1 saturated carbocycles. The monoisotopic (exact) mass is 393 g/mol. The zero-order chi connectivity index (χ0) is 20.6. The highest BCUT2D eigenvalue weighted by Gasteiger charge is 2.51. The van der Waals surface area contributed by atoms with Gasteiger partial charge in [-0.1, -0.05) is 26.7 Å². The number of urea groups is 1. The quantitative estimate of drug-likeness (QED) is 0.772. The number of nitrogens with zero attached hydrogens (tertiary/aromatic N) is 1. The van der Waals surface area contributed by atoms with Crippen LogP contribution in [0.15, 0.2) is 18.2 Å². The van der Waals surface area contributed by atoms with Gasteiger partial charge in [0, 0.05) is 11.6 Å². The van der Waals surface area contributed by atoms with E-state index in [1.54, 1.807) is 0 Å². The zero-order valence-electron chi connectivity index (χ0n) is 16.2. The average molecular weight is 393 g/mol. The summed E-state index contributed by atoms with van der Waals surface area (Å²) < 4.78 is 27.7. The Morgan fingerprint density at radius 1 is 1.29 bits per heavy atom. The molecule has 152 valence electrons. The second kappa shape index (κ2) is 7.48. The van der Waals surface area contributed by atoms with Gasteiger partial charge in [0.25, 0.3) is 5.91 Å². The van der Waals surface area contributed by atoms with Crippen LogP contribution >= 0.6 is 0 Å². The van der Waals surface area contributed by atoms with Gasteiger partial charge in [-0.3, -0.25) is 14.5 Å². The Bertz CT molecular complexity index is 816. The van der Waals surface area contributed by atoms with E-state index >= 15 is 0 Å². The van der Waals surface area contributed by atoms with Gasteiger partial charge in [-0.25, -0.2) is 13.6 Å². The van der Waals surface area contributed by atoms with Gasteiger partial charge in [0.05, 0.1) is 0 Å². The highest BCUT2D eigenvalue weighted by Crippen LogP contribution is 2.32. The molecular weight excluding hydrogens is 368 g/mol. The summed E-state index contributed by atoms with van der Waals surface area (Å²) in [7, 11) is 0. The van der Waals surface area contributed by atoms with Crippen LogP contribution in [0.1, 0.15) is 45.6 Å². The summed E-state index contributed by atoms with van der Waals surface area (Å²) >= 11 is 0. The number of benzene rings is 1. The van der Waals surface area contributed by atoms with Crippen LogP contribution in [0.3, 0.4) is 0 Å². The molecule has 0 aromatic heterocycles. The standard InChI is InChI=1S/C20H25F2N3O3/c1-11-5-4-6-16(12(11)2)23-17(26)10-25-18(27)20(3,24-19(25)28)14-9-13(21)7-8-15(14)22/h7-9,11-12,16H,4-6,10H2,1-3H3,(H,23,26)(H,24,28)/t11-,12+,16+,20-/m1/s1. The van der Waals surface area contributed by atoms with Crippen LogP contribution in [0.2, 0.25) is 0 Å². The van der Waals surface area contributed by atoms with Crippen molar-refractivity contribution in [3.8, 4) is 0 Å². The van der Waals surface area contributed by atoms with E-state index in [0.29, 0.717) is 11.8 Å². The summed E-state index contributed by atoms with van der Waals surface area (Å²) in [6.45, 7) is 5.05. The lowest BCUT2D eigenvalue weighted by atomic mass is 9.78. The van der Waals surface area contributed by atoms with E-state index < -0.39 is 41.6 Å². The van der Waals surface area contributed by atoms with E-state index in [2.05, 4.69) is 24.5 Å². The number of amides is 4. The van der Waals surface area contributed by atoms with Crippen molar-refractivity contribution >= 4 is 17.8 Å². The van der Waals surface area contributed by atoms with Crippen molar-refractivity contribution in [1.82, 2.24) is 15.5 Å². The Hall–Kier alpha value is -2.51. The molecule has 8 heteroatoms. The van der Waals surface area contributed by atoms with Crippen molar-refractivity contribution in [3.05, 3.63) is 35.4 Å². The largest absolute Gasteiger partial charge is 0.352 e. The van der Waals surface area contributed by atoms with E-state index in [9.17, 15) is 23.2 Å². The van der Waals surface area contributed by atoms with Crippen molar-refractivity contribution in [2.45, 2.75) is 51.6 Å². The second-order valence-electron chi connectivity index (χ2n) is 8.01. The molecule has 2 aliphatic rings. The maximum atomic E-state index is 14.2. The topological polar surface area (TPSA) is 78.5 Å². The van der Waals surface area contributed by atoms with E-state index in [0.717, 1.165) is 42.4 Å². The molecule has 2 fully saturated rings. The number of carbonyl (C=O) groups excluding carboxylic acids is 3. The maximum absolute atomic E-state index is 14.2. The predicted octanol–water partition coefficient (Wildman–Crippen LogP) is 2.67. The third kappa shape index (κ3) is 3.59. The minimum atomic E-state index is -1.77. The minimum Gasteiger partial charge on any atom is -0.352 e. The van der Waals surface area contributed by atoms with Crippen LogP contribution in [-0.4, -0.2) is 35.3 Å². The first-order valence-electron chi connectivity index (χ1n) is 9.52. The van der Waals surface area contributed by atoms with Crippen LogP contribution in [0, 0.1) is 23.5 Å². The molecule has 1 saturated heterocycles. The fourth-order valence-corrected chi connectivity index (χ4v) is 4.09. The van der Waals surface area contributed by atoms with Gasteiger partial charge in [-0.15, -0.1) is 0 Å². The number of nitrogens with one attached hydrogen (secondary N) is 2. The van der Waals surface area contributed by atoms with Crippen LogP contribution in [-0.2, 0) is 15.1 Å². The Kier molecular flexibility index (Phi) is 5.41. The summed E-state index contributed by atoms with van der Waals surface area (Å²) in [4.78, 5) is 38.3. The van der Waals surface area contributed by atoms with Crippen LogP contribution in [0.25, 0.3) is 0 Å². The Labute approximate surface area is 162 Å². The minimum absolute atomic E-state index is 0.0101. The van der Waals surface area contributed by atoms with E-state index in [4.69, 9.17) is 0 Å². The van der Waals surface area contributed by atoms with Crippen LogP contribution in [0.4, 0.5) is 13.6 Å². The molecule has 0 spiro atoms. The highest BCUT2D eigenvalue weighted by atomic mass is 19.1. The zero-order valence-corrected chi connectivity index (χ0v) is 16.2. The summed E-state index contributed by atoms with van der Waals surface area (Å²) in [6, 6.07) is 1.89. The molecule has 1 aliphatic heterocycles. The molecule has 1 heterocycles. The Morgan fingerprint density at radius 3 is 2.71 bits per heavy atom. The first-order valence-corrected chi connectivity index (χ1v) is 9.52. The first-order chi connectivity index (χ1) is 13.1. The Morgan fingerprint density at radius 2 is 2.00 bits per heavy atom. The molecule has 1 aromatic carbocycles. The molecule has 6 nitrogen and oxygen atoms in total. The molecule has 0 radical (unpaired) electrons. The molecule has 3 rings (SSSR count). The maximum Gasteiger partial charge on any atom is 0.325 e. The van der Waals surface area contributed by atoms with Gasteiger partial charge < -0.3 is 10.6 Å². The number of carbonyl (C=O) groups is 3. The normalized spacial score (nSPS) is 30.3. The number of halogens is 2. The van der Waals surface area contributed by atoms with Gasteiger partial charge in [-0.2, -0.15) is 0 Å². The molecule has 0 unspecified atom stereocenters. The van der Waals surface area contributed by atoms with Crippen LogP contribution < -0.4 is 10.6 Å². The van der Waals surface area contributed by atoms with Crippen molar-refractivity contribution in [3.63, 3.8) is 0 Å². The number of rotatable bonds is 4. The molecule has 28 heavy (non-hydrogen) atoms. The van der Waals surface area contributed by atoms with Gasteiger partial charge >= 0.3 is 6.03 Å². The third-order valence-electron chi connectivity index (χ3n) is 6.10. The van der Waals surface area contributed by atoms with Crippen molar-refractivity contribution in [2.75, 3.05) is 6.54 Å². The first kappa shape index (κ1) is 20.2. The number of imide groups is 1. The second-order valence-corrected chi connectivity index (χ2v) is 8.01. The molecule has 2 N–H and O–H groups in total. The number of hydrogen-bond donors (Lipinski definition) is 2. The fraction of sp³-hybridized carbons (Fsp3) is 0.550. The van der Waals surface area contributed by atoms with Crippen LogP contribution in [0.5, 0.6) is 0 Å². The Balaban J connectivity index is 1.73. The molecule has 0 bridgehead atoms. The molecule has 4 amide bonds. The van der Waals surface area contributed by atoms with Gasteiger partial charge in [-0.05, 0) is 43.4 Å². The molecular formula is C20H25F2N3O3. The van der Waals surface area contributed by atoms with E-state index in [-0.39, 0.29) is 11.6 Å². The average Bonchev–Trinajstić information content (AvgIpc) is 2.85. The lowest BCUT2D eigenvalue weighted by molar-refractivity contribution is -0.135. The molecule has 1 aliphatic carbocycles. The van der Waals surface area contributed by atoms with E-state index in [1.165, 1.54) is 6.92 Å². The SMILES string of the molecule is C[C@H]1[C@H](C)CCC[C@@H]1NC(=O)CN1C(=O)N[C@](C)(c2cc(F)ccc2F)C1=O. The number of hydrogen-bond acceptors (Lipinski definition) is 3. The fourth-order valence-electron chi connectivity index (χ4n) is 4.09.